The predicted octanol–water partition coefficient (Wildman–Crippen LogP) is 4.49. The summed E-state index contributed by atoms with van der Waals surface area (Å²) in [6.45, 7) is 6.76. The zero-order valence-electron chi connectivity index (χ0n) is 14.2. The van der Waals surface area contributed by atoms with Crippen LogP contribution in [-0.4, -0.2) is 22.4 Å². The van der Waals surface area contributed by atoms with Crippen LogP contribution < -0.4 is 5.32 Å². The van der Waals surface area contributed by atoms with Crippen molar-refractivity contribution in [2.75, 3.05) is 6.54 Å². The summed E-state index contributed by atoms with van der Waals surface area (Å²) in [6, 6.07) is 3.65. The molecule has 0 unspecified atom stereocenters. The SMILES string of the molecule is CCCCCNC(=O)c1sc2nc(-c3ccco3)nc(C)c2c1C. The first kappa shape index (κ1) is 16.6. The molecule has 126 valence electrons. The van der Waals surface area contributed by atoms with Crippen LogP contribution in [0.25, 0.3) is 21.8 Å². The molecule has 3 aromatic rings. The number of amides is 1. The maximum atomic E-state index is 12.5. The summed E-state index contributed by atoms with van der Waals surface area (Å²) in [5.74, 6) is 1.17. The van der Waals surface area contributed by atoms with E-state index in [0.717, 1.165) is 45.6 Å². The molecule has 0 saturated heterocycles. The topological polar surface area (TPSA) is 68.0 Å². The third-order valence-electron chi connectivity index (χ3n) is 3.98. The van der Waals surface area contributed by atoms with E-state index >= 15 is 0 Å². The van der Waals surface area contributed by atoms with Crippen molar-refractivity contribution < 1.29 is 9.21 Å². The molecule has 0 bridgehead atoms. The maximum absolute atomic E-state index is 12.5. The molecule has 0 radical (unpaired) electrons. The molecule has 1 amide bonds. The van der Waals surface area contributed by atoms with Gasteiger partial charge in [0.05, 0.1) is 16.8 Å². The van der Waals surface area contributed by atoms with E-state index < -0.39 is 0 Å². The highest BCUT2D eigenvalue weighted by atomic mass is 32.1. The lowest BCUT2D eigenvalue weighted by Crippen LogP contribution is -2.24. The van der Waals surface area contributed by atoms with Gasteiger partial charge in [-0.3, -0.25) is 4.79 Å². The average molecular weight is 343 g/mol. The molecule has 0 spiro atoms. The summed E-state index contributed by atoms with van der Waals surface area (Å²) in [4.78, 5) is 23.1. The third kappa shape index (κ3) is 3.19. The number of aryl methyl sites for hydroxylation is 2. The lowest BCUT2D eigenvalue weighted by Gasteiger charge is -2.04. The quantitative estimate of drug-likeness (QED) is 0.670. The second kappa shape index (κ2) is 7.13. The third-order valence-corrected chi connectivity index (χ3v) is 5.17. The summed E-state index contributed by atoms with van der Waals surface area (Å²) in [6.07, 6.45) is 4.88. The Hall–Kier alpha value is -2.21. The Kier molecular flexibility index (Phi) is 4.94. The number of carbonyl (C=O) groups is 1. The van der Waals surface area contributed by atoms with Crippen LogP contribution in [0.3, 0.4) is 0 Å². The van der Waals surface area contributed by atoms with Gasteiger partial charge in [-0.05, 0) is 38.0 Å². The van der Waals surface area contributed by atoms with Gasteiger partial charge in [-0.15, -0.1) is 11.3 Å². The average Bonchev–Trinajstić information content (AvgIpc) is 3.20. The fourth-order valence-electron chi connectivity index (χ4n) is 2.73. The number of hydrogen-bond donors (Lipinski definition) is 1. The van der Waals surface area contributed by atoms with E-state index in [4.69, 9.17) is 4.42 Å². The summed E-state index contributed by atoms with van der Waals surface area (Å²) < 4.78 is 5.38. The minimum Gasteiger partial charge on any atom is -0.461 e. The minimum absolute atomic E-state index is 0.0226. The van der Waals surface area contributed by atoms with Gasteiger partial charge in [-0.25, -0.2) is 9.97 Å². The van der Waals surface area contributed by atoms with E-state index in [9.17, 15) is 4.79 Å². The number of thiophene rings is 1. The maximum Gasteiger partial charge on any atom is 0.261 e. The Morgan fingerprint density at radius 1 is 1.29 bits per heavy atom. The van der Waals surface area contributed by atoms with Gasteiger partial charge in [-0.2, -0.15) is 0 Å². The largest absolute Gasteiger partial charge is 0.461 e. The molecule has 0 aliphatic rings. The van der Waals surface area contributed by atoms with Gasteiger partial charge in [0.15, 0.2) is 11.6 Å². The molecule has 0 saturated carbocycles. The van der Waals surface area contributed by atoms with Gasteiger partial charge in [0, 0.05) is 11.9 Å². The van der Waals surface area contributed by atoms with Crippen molar-refractivity contribution in [1.29, 1.82) is 0 Å². The van der Waals surface area contributed by atoms with Crippen molar-refractivity contribution in [1.82, 2.24) is 15.3 Å². The first-order valence-corrected chi connectivity index (χ1v) is 9.03. The first-order valence-electron chi connectivity index (χ1n) is 8.21. The molecule has 0 aliphatic heterocycles. The Bertz CT molecular complexity index is 853. The molecule has 3 heterocycles. The second-order valence-corrected chi connectivity index (χ2v) is 6.81. The van der Waals surface area contributed by atoms with Crippen LogP contribution in [0.5, 0.6) is 0 Å². The molecule has 0 fully saturated rings. The van der Waals surface area contributed by atoms with Gasteiger partial charge in [0.25, 0.3) is 5.91 Å². The van der Waals surface area contributed by atoms with E-state index in [1.807, 2.05) is 26.0 Å². The molecule has 0 atom stereocenters. The summed E-state index contributed by atoms with van der Waals surface area (Å²) >= 11 is 1.42. The summed E-state index contributed by atoms with van der Waals surface area (Å²) in [7, 11) is 0. The van der Waals surface area contributed by atoms with Gasteiger partial charge in [-0.1, -0.05) is 19.8 Å². The Morgan fingerprint density at radius 3 is 2.83 bits per heavy atom. The lowest BCUT2D eigenvalue weighted by atomic mass is 10.1. The van der Waals surface area contributed by atoms with Crippen molar-refractivity contribution in [3.63, 3.8) is 0 Å². The van der Waals surface area contributed by atoms with E-state index in [1.54, 1.807) is 6.26 Å². The second-order valence-electron chi connectivity index (χ2n) is 5.81. The monoisotopic (exact) mass is 343 g/mol. The number of hydrogen-bond acceptors (Lipinski definition) is 5. The van der Waals surface area contributed by atoms with Crippen molar-refractivity contribution in [3.8, 4) is 11.6 Å². The summed E-state index contributed by atoms with van der Waals surface area (Å²) in [5, 5.41) is 3.97. The fraction of sp³-hybridized carbons (Fsp3) is 0.389. The number of unbranched alkanes of at least 4 members (excludes halogenated alkanes) is 2. The number of furan rings is 1. The standard InChI is InChI=1S/C18H21N3O2S/c1-4-5-6-9-19-17(22)15-11(2)14-12(3)20-16(21-18(14)24-15)13-8-7-10-23-13/h7-8,10H,4-6,9H2,1-3H3,(H,19,22). The number of nitrogens with one attached hydrogen (secondary N) is 1. The van der Waals surface area contributed by atoms with Crippen molar-refractivity contribution >= 4 is 27.5 Å². The van der Waals surface area contributed by atoms with Crippen molar-refractivity contribution in [2.24, 2.45) is 0 Å². The van der Waals surface area contributed by atoms with Crippen LogP contribution in [0, 0.1) is 13.8 Å². The zero-order chi connectivity index (χ0) is 17.1. The number of fused-ring (bicyclic) bond motifs is 1. The minimum atomic E-state index is -0.0226. The highest BCUT2D eigenvalue weighted by Gasteiger charge is 2.19. The zero-order valence-corrected chi connectivity index (χ0v) is 15.0. The van der Waals surface area contributed by atoms with Crippen molar-refractivity contribution in [2.45, 2.75) is 40.0 Å². The Balaban J connectivity index is 1.92. The number of rotatable bonds is 6. The van der Waals surface area contributed by atoms with Gasteiger partial charge in [0.1, 0.15) is 4.83 Å². The summed E-state index contributed by atoms with van der Waals surface area (Å²) in [5.41, 5.74) is 1.82. The van der Waals surface area contributed by atoms with Crippen LogP contribution in [0.1, 0.15) is 47.1 Å². The van der Waals surface area contributed by atoms with E-state index in [-0.39, 0.29) is 5.91 Å². The van der Waals surface area contributed by atoms with Crippen LogP contribution >= 0.6 is 11.3 Å². The highest BCUT2D eigenvalue weighted by Crippen LogP contribution is 2.32. The first-order chi connectivity index (χ1) is 11.6. The van der Waals surface area contributed by atoms with Crippen LogP contribution in [0.15, 0.2) is 22.8 Å². The number of aromatic nitrogens is 2. The molecule has 6 heteroatoms. The molecule has 0 aromatic carbocycles. The van der Waals surface area contributed by atoms with Crippen molar-refractivity contribution in [3.05, 3.63) is 34.5 Å². The van der Waals surface area contributed by atoms with E-state index in [2.05, 4.69) is 22.2 Å². The Labute approximate surface area is 145 Å². The molecular formula is C18H21N3O2S. The molecule has 24 heavy (non-hydrogen) atoms. The van der Waals surface area contributed by atoms with Gasteiger partial charge >= 0.3 is 0 Å². The lowest BCUT2D eigenvalue weighted by molar-refractivity contribution is 0.0956. The van der Waals surface area contributed by atoms with Crippen LogP contribution in [0.4, 0.5) is 0 Å². The molecule has 5 nitrogen and oxygen atoms in total. The normalized spacial score (nSPS) is 11.1. The van der Waals surface area contributed by atoms with Crippen LogP contribution in [-0.2, 0) is 0 Å². The number of carbonyl (C=O) groups excluding carboxylic acids is 1. The fourth-order valence-corrected chi connectivity index (χ4v) is 3.88. The Morgan fingerprint density at radius 2 is 2.12 bits per heavy atom. The van der Waals surface area contributed by atoms with E-state index in [0.29, 0.717) is 18.1 Å². The number of nitrogens with zero attached hydrogens (tertiary/aromatic N) is 2. The molecule has 0 aliphatic carbocycles. The molecule has 3 aromatic heterocycles. The van der Waals surface area contributed by atoms with E-state index in [1.165, 1.54) is 11.3 Å². The smallest absolute Gasteiger partial charge is 0.261 e. The molecular weight excluding hydrogens is 322 g/mol. The predicted molar refractivity (Wildman–Crippen MR) is 96.4 cm³/mol. The molecule has 1 N–H and O–H groups in total. The molecule has 3 rings (SSSR count). The van der Waals surface area contributed by atoms with Gasteiger partial charge in [0.2, 0.25) is 0 Å². The highest BCUT2D eigenvalue weighted by molar-refractivity contribution is 7.20. The van der Waals surface area contributed by atoms with Gasteiger partial charge < -0.3 is 9.73 Å². The van der Waals surface area contributed by atoms with Crippen LogP contribution in [0.2, 0.25) is 0 Å².